The van der Waals surface area contributed by atoms with Crippen molar-refractivity contribution in [3.8, 4) is 0 Å². The van der Waals surface area contributed by atoms with Crippen LogP contribution in [0.15, 0.2) is 73.1 Å². The number of imidazole rings is 1. The van der Waals surface area contributed by atoms with E-state index >= 15 is 0 Å². The van der Waals surface area contributed by atoms with Gasteiger partial charge in [-0.2, -0.15) is 0 Å². The van der Waals surface area contributed by atoms with Crippen LogP contribution in [0.2, 0.25) is 0 Å². The molecule has 0 atom stereocenters. The minimum absolute atomic E-state index is 0.352. The van der Waals surface area contributed by atoms with Crippen LogP contribution in [-0.4, -0.2) is 9.55 Å². The van der Waals surface area contributed by atoms with Gasteiger partial charge in [-0.15, -0.1) is 0 Å². The summed E-state index contributed by atoms with van der Waals surface area (Å²) in [5.74, 6) is 1.41. The lowest BCUT2D eigenvalue weighted by atomic mass is 9.91. The fraction of sp³-hybridized carbons (Fsp3) is 0.167. The zero-order chi connectivity index (χ0) is 13.8. The highest BCUT2D eigenvalue weighted by Gasteiger charge is 2.15. The number of benzene rings is 2. The van der Waals surface area contributed by atoms with Gasteiger partial charge in [-0.1, -0.05) is 60.7 Å². The van der Waals surface area contributed by atoms with Gasteiger partial charge in [0.25, 0.3) is 0 Å². The fourth-order valence-corrected chi connectivity index (χ4v) is 2.57. The highest BCUT2D eigenvalue weighted by atomic mass is 15.1. The molecule has 20 heavy (non-hydrogen) atoms. The van der Waals surface area contributed by atoms with Crippen LogP contribution < -0.4 is 0 Å². The lowest BCUT2D eigenvalue weighted by Gasteiger charge is -2.19. The molecule has 100 valence electrons. The number of hydrogen-bond acceptors (Lipinski definition) is 1. The molecule has 2 aromatic carbocycles. The Morgan fingerprint density at radius 3 is 1.90 bits per heavy atom. The summed E-state index contributed by atoms with van der Waals surface area (Å²) in [5, 5.41) is 0. The van der Waals surface area contributed by atoms with Gasteiger partial charge in [-0.05, 0) is 18.1 Å². The second kappa shape index (κ2) is 5.74. The summed E-state index contributed by atoms with van der Waals surface area (Å²) in [7, 11) is 0. The van der Waals surface area contributed by atoms with Crippen LogP contribution in [0.3, 0.4) is 0 Å². The third kappa shape index (κ3) is 2.64. The second-order valence-corrected chi connectivity index (χ2v) is 5.00. The van der Waals surface area contributed by atoms with Gasteiger partial charge in [-0.3, -0.25) is 0 Å². The molecule has 0 saturated heterocycles. The molecule has 1 heterocycles. The summed E-state index contributed by atoms with van der Waals surface area (Å²) in [6.45, 7) is 2.97. The van der Waals surface area contributed by atoms with Gasteiger partial charge in [-0.25, -0.2) is 4.98 Å². The van der Waals surface area contributed by atoms with Crippen LogP contribution in [0.4, 0.5) is 0 Å². The maximum absolute atomic E-state index is 4.32. The van der Waals surface area contributed by atoms with Crippen molar-refractivity contribution in [2.75, 3.05) is 0 Å². The minimum atomic E-state index is 0.352. The monoisotopic (exact) mass is 262 g/mol. The number of aromatic nitrogens is 2. The molecule has 2 nitrogen and oxygen atoms in total. The van der Waals surface area contributed by atoms with Crippen LogP contribution in [0.5, 0.6) is 0 Å². The molecule has 0 aliphatic heterocycles. The van der Waals surface area contributed by atoms with E-state index in [-0.39, 0.29) is 0 Å². The first kappa shape index (κ1) is 12.7. The van der Waals surface area contributed by atoms with Gasteiger partial charge in [0.1, 0.15) is 5.82 Å². The molecule has 3 aromatic rings. The molecule has 0 N–H and O–H groups in total. The predicted molar refractivity (Wildman–Crippen MR) is 81.7 cm³/mol. The Morgan fingerprint density at radius 1 is 0.900 bits per heavy atom. The molecule has 0 bridgehead atoms. The van der Waals surface area contributed by atoms with E-state index in [9.17, 15) is 0 Å². The Balaban J connectivity index is 1.98. The van der Waals surface area contributed by atoms with Crippen molar-refractivity contribution in [3.05, 3.63) is 90.0 Å². The number of aryl methyl sites for hydroxylation is 1. The van der Waals surface area contributed by atoms with Gasteiger partial charge >= 0.3 is 0 Å². The van der Waals surface area contributed by atoms with Crippen LogP contribution >= 0.6 is 0 Å². The predicted octanol–water partition coefficient (Wildman–Crippen LogP) is 4.02. The third-order valence-electron chi connectivity index (χ3n) is 3.71. The van der Waals surface area contributed by atoms with Crippen molar-refractivity contribution in [1.29, 1.82) is 0 Å². The quantitative estimate of drug-likeness (QED) is 0.694. The Kier molecular flexibility index (Phi) is 3.64. The van der Waals surface area contributed by atoms with Crippen molar-refractivity contribution in [3.63, 3.8) is 0 Å². The zero-order valence-corrected chi connectivity index (χ0v) is 11.6. The molecule has 0 fully saturated rings. The van der Waals surface area contributed by atoms with Crippen molar-refractivity contribution >= 4 is 0 Å². The summed E-state index contributed by atoms with van der Waals surface area (Å²) in [6, 6.07) is 21.3. The molecule has 2 heteroatoms. The van der Waals surface area contributed by atoms with Crippen molar-refractivity contribution in [2.24, 2.45) is 0 Å². The number of rotatable bonds is 4. The largest absolute Gasteiger partial charge is 0.334 e. The van der Waals surface area contributed by atoms with Gasteiger partial charge in [0.05, 0.1) is 0 Å². The summed E-state index contributed by atoms with van der Waals surface area (Å²) < 4.78 is 2.21. The van der Waals surface area contributed by atoms with Gasteiger partial charge in [0.15, 0.2) is 0 Å². The highest BCUT2D eigenvalue weighted by molar-refractivity contribution is 5.32. The standard InChI is InChI=1S/C18H18N2/c1-15-19-12-13-20(15)14-18(16-8-4-2-5-9-16)17-10-6-3-7-11-17/h2-13,18H,14H2,1H3. The average molecular weight is 262 g/mol. The normalized spacial score (nSPS) is 10.9. The number of nitrogens with zero attached hydrogens (tertiary/aromatic N) is 2. The van der Waals surface area contributed by atoms with Crippen molar-refractivity contribution in [2.45, 2.75) is 19.4 Å². The van der Waals surface area contributed by atoms with Gasteiger partial charge in [0, 0.05) is 24.9 Å². The van der Waals surface area contributed by atoms with E-state index in [0.29, 0.717) is 5.92 Å². The Labute approximate surface area is 119 Å². The van der Waals surface area contributed by atoms with E-state index in [1.54, 1.807) is 0 Å². The molecular formula is C18H18N2. The van der Waals surface area contributed by atoms with Crippen LogP contribution in [0, 0.1) is 6.92 Å². The average Bonchev–Trinajstić information content (AvgIpc) is 2.92. The first-order chi connectivity index (χ1) is 9.84. The lowest BCUT2D eigenvalue weighted by molar-refractivity contribution is 0.608. The van der Waals surface area contributed by atoms with E-state index in [4.69, 9.17) is 0 Å². The first-order valence-corrected chi connectivity index (χ1v) is 6.92. The van der Waals surface area contributed by atoms with E-state index in [1.165, 1.54) is 11.1 Å². The summed E-state index contributed by atoms with van der Waals surface area (Å²) in [5.41, 5.74) is 2.68. The maximum atomic E-state index is 4.32. The summed E-state index contributed by atoms with van der Waals surface area (Å²) in [4.78, 5) is 4.32. The lowest BCUT2D eigenvalue weighted by Crippen LogP contribution is -2.11. The Morgan fingerprint density at radius 2 is 1.45 bits per heavy atom. The van der Waals surface area contributed by atoms with E-state index < -0.39 is 0 Å². The zero-order valence-electron chi connectivity index (χ0n) is 11.6. The van der Waals surface area contributed by atoms with Crippen LogP contribution in [0.1, 0.15) is 22.9 Å². The second-order valence-electron chi connectivity index (χ2n) is 5.00. The molecule has 0 aliphatic carbocycles. The fourth-order valence-electron chi connectivity index (χ4n) is 2.57. The topological polar surface area (TPSA) is 17.8 Å². The Hall–Kier alpha value is -2.35. The van der Waals surface area contributed by atoms with E-state index in [1.807, 2.05) is 19.3 Å². The molecule has 0 saturated carbocycles. The van der Waals surface area contributed by atoms with Gasteiger partial charge < -0.3 is 4.57 Å². The molecule has 3 rings (SSSR count). The molecule has 0 spiro atoms. The highest BCUT2D eigenvalue weighted by Crippen LogP contribution is 2.26. The molecule has 0 amide bonds. The SMILES string of the molecule is Cc1nccn1CC(c1ccccc1)c1ccccc1. The van der Waals surface area contributed by atoms with Crippen molar-refractivity contribution in [1.82, 2.24) is 9.55 Å². The summed E-state index contributed by atoms with van der Waals surface area (Å²) in [6.07, 6.45) is 3.91. The molecular weight excluding hydrogens is 244 g/mol. The van der Waals surface area contributed by atoms with Crippen LogP contribution in [0.25, 0.3) is 0 Å². The number of hydrogen-bond donors (Lipinski definition) is 0. The third-order valence-corrected chi connectivity index (χ3v) is 3.71. The van der Waals surface area contributed by atoms with Crippen LogP contribution in [-0.2, 0) is 6.54 Å². The van der Waals surface area contributed by atoms with E-state index in [2.05, 4.69) is 70.2 Å². The first-order valence-electron chi connectivity index (χ1n) is 6.92. The van der Waals surface area contributed by atoms with Crippen molar-refractivity contribution < 1.29 is 0 Å². The smallest absolute Gasteiger partial charge is 0.105 e. The molecule has 0 unspecified atom stereocenters. The van der Waals surface area contributed by atoms with Gasteiger partial charge in [0.2, 0.25) is 0 Å². The maximum Gasteiger partial charge on any atom is 0.105 e. The Bertz CT molecular complexity index is 617. The molecule has 0 radical (unpaired) electrons. The minimum Gasteiger partial charge on any atom is -0.334 e. The molecule has 0 aliphatic rings. The molecule has 1 aromatic heterocycles. The summed E-state index contributed by atoms with van der Waals surface area (Å²) >= 11 is 0. The van der Waals surface area contributed by atoms with E-state index in [0.717, 1.165) is 12.4 Å².